The third-order valence-electron chi connectivity index (χ3n) is 1.65. The van der Waals surface area contributed by atoms with E-state index in [9.17, 15) is 0 Å². The molecule has 11 heavy (non-hydrogen) atoms. The van der Waals surface area contributed by atoms with Crippen molar-refractivity contribution in [1.29, 1.82) is 0 Å². The van der Waals surface area contributed by atoms with Crippen LogP contribution in [0.4, 0.5) is 0 Å². The molecule has 0 spiro atoms. The highest BCUT2D eigenvalue weighted by molar-refractivity contribution is 6.69. The molecule has 0 aromatic rings. The lowest BCUT2D eigenvalue weighted by Gasteiger charge is -2.28. The van der Waals surface area contributed by atoms with E-state index in [-0.39, 0.29) is 0 Å². The Bertz CT molecular complexity index is 107. The molecule has 0 aromatic carbocycles. The molecule has 0 aliphatic heterocycles. The summed E-state index contributed by atoms with van der Waals surface area (Å²) in [6.07, 6.45) is 0.535. The zero-order valence-corrected chi connectivity index (χ0v) is 11.8. The SMILES string of the molecule is CC(C)C(C[SiH3])O[Si](C)(C)C. The summed E-state index contributed by atoms with van der Waals surface area (Å²) in [5.41, 5.74) is 0. The molecule has 1 nitrogen and oxygen atoms in total. The van der Waals surface area contributed by atoms with Crippen molar-refractivity contribution in [3.05, 3.63) is 0 Å². The van der Waals surface area contributed by atoms with E-state index in [1.54, 1.807) is 0 Å². The van der Waals surface area contributed by atoms with Gasteiger partial charge in [0.05, 0.1) is 0 Å². The lowest BCUT2D eigenvalue weighted by Crippen LogP contribution is -2.34. The Balaban J connectivity index is 3.88. The van der Waals surface area contributed by atoms with Gasteiger partial charge in [-0.1, -0.05) is 13.8 Å². The van der Waals surface area contributed by atoms with Crippen LogP contribution in [0.1, 0.15) is 13.8 Å². The summed E-state index contributed by atoms with van der Waals surface area (Å²) in [4.78, 5) is 0. The molecule has 0 bridgehead atoms. The molecule has 3 heteroatoms. The maximum Gasteiger partial charge on any atom is 0.184 e. The fourth-order valence-electron chi connectivity index (χ4n) is 1.14. The molecule has 0 rings (SSSR count). The maximum absolute atomic E-state index is 6.02. The van der Waals surface area contributed by atoms with Gasteiger partial charge in [0.2, 0.25) is 0 Å². The minimum atomic E-state index is -1.28. The highest BCUT2D eigenvalue weighted by atomic mass is 28.4. The Hall–Kier alpha value is 0.394. The Morgan fingerprint density at radius 1 is 1.27 bits per heavy atom. The largest absolute Gasteiger partial charge is 0.415 e. The van der Waals surface area contributed by atoms with Gasteiger partial charge in [-0.3, -0.25) is 0 Å². The maximum atomic E-state index is 6.02. The van der Waals surface area contributed by atoms with Crippen LogP contribution in [0.2, 0.25) is 25.7 Å². The molecule has 0 saturated heterocycles. The molecular weight excluding hydrogens is 168 g/mol. The molecule has 0 heterocycles. The fraction of sp³-hybridized carbons (Fsp3) is 1.00. The molecule has 0 amide bonds. The molecule has 1 atom stereocenters. The highest BCUT2D eigenvalue weighted by Crippen LogP contribution is 2.16. The zero-order chi connectivity index (χ0) is 9.07. The first kappa shape index (κ1) is 11.4. The molecule has 68 valence electrons. The molecule has 0 N–H and O–H groups in total. The lowest BCUT2D eigenvalue weighted by molar-refractivity contribution is 0.163. The predicted molar refractivity (Wildman–Crippen MR) is 57.8 cm³/mol. The zero-order valence-electron chi connectivity index (χ0n) is 8.77. The van der Waals surface area contributed by atoms with E-state index in [1.807, 2.05) is 0 Å². The topological polar surface area (TPSA) is 9.23 Å². The lowest BCUT2D eigenvalue weighted by atomic mass is 10.1. The van der Waals surface area contributed by atoms with Crippen LogP contribution in [0, 0.1) is 5.92 Å². The van der Waals surface area contributed by atoms with Crippen LogP contribution in [0.5, 0.6) is 0 Å². The first-order valence-corrected chi connectivity index (χ1v) is 9.37. The second kappa shape index (κ2) is 4.43. The number of hydrogen-bond donors (Lipinski definition) is 0. The summed E-state index contributed by atoms with van der Waals surface area (Å²) in [5, 5.41) is 0. The minimum Gasteiger partial charge on any atom is -0.415 e. The van der Waals surface area contributed by atoms with Gasteiger partial charge in [0, 0.05) is 16.3 Å². The molecule has 0 saturated carbocycles. The third-order valence-corrected chi connectivity index (χ3v) is 3.47. The van der Waals surface area contributed by atoms with Crippen LogP contribution >= 0.6 is 0 Å². The number of rotatable bonds is 4. The summed E-state index contributed by atoms with van der Waals surface area (Å²) in [6, 6.07) is 1.28. The van der Waals surface area contributed by atoms with Gasteiger partial charge >= 0.3 is 0 Å². The van der Waals surface area contributed by atoms with Gasteiger partial charge in [-0.25, -0.2) is 0 Å². The van der Waals surface area contributed by atoms with Crippen molar-refractivity contribution < 1.29 is 4.43 Å². The van der Waals surface area contributed by atoms with Crippen LogP contribution in [-0.2, 0) is 4.43 Å². The smallest absolute Gasteiger partial charge is 0.184 e. The molecule has 0 radical (unpaired) electrons. The van der Waals surface area contributed by atoms with E-state index >= 15 is 0 Å². The Morgan fingerprint density at radius 3 is 1.82 bits per heavy atom. The molecule has 0 aliphatic carbocycles. The molecular formula is C8H22OSi2. The fourth-order valence-corrected chi connectivity index (χ4v) is 3.93. The van der Waals surface area contributed by atoms with Gasteiger partial charge in [-0.15, -0.1) is 0 Å². The monoisotopic (exact) mass is 190 g/mol. The van der Waals surface area contributed by atoms with Crippen molar-refractivity contribution in [3.63, 3.8) is 0 Å². The molecule has 0 aromatic heterocycles. The van der Waals surface area contributed by atoms with Gasteiger partial charge < -0.3 is 4.43 Å². The number of hydrogen-bond acceptors (Lipinski definition) is 1. The molecule has 0 aliphatic rings. The molecule has 0 fully saturated rings. The first-order chi connectivity index (χ1) is 4.87. The van der Waals surface area contributed by atoms with Crippen LogP contribution < -0.4 is 0 Å². The quantitative estimate of drug-likeness (QED) is 0.613. The predicted octanol–water partition coefficient (Wildman–Crippen LogP) is 1.65. The minimum absolute atomic E-state index is 0.535. The summed E-state index contributed by atoms with van der Waals surface area (Å²) in [5.74, 6) is 0.694. The van der Waals surface area contributed by atoms with Crippen molar-refractivity contribution >= 4 is 18.6 Å². The van der Waals surface area contributed by atoms with Crippen LogP contribution in [0.3, 0.4) is 0 Å². The Kier molecular flexibility index (Phi) is 4.59. The van der Waals surface area contributed by atoms with Crippen molar-refractivity contribution in [2.45, 2.75) is 45.6 Å². The molecule has 1 unspecified atom stereocenters. The summed E-state index contributed by atoms with van der Waals surface area (Å²) < 4.78 is 6.02. The summed E-state index contributed by atoms with van der Waals surface area (Å²) >= 11 is 0. The first-order valence-electron chi connectivity index (χ1n) is 4.54. The highest BCUT2D eigenvalue weighted by Gasteiger charge is 2.21. The van der Waals surface area contributed by atoms with E-state index in [2.05, 4.69) is 33.5 Å². The Labute approximate surface area is 75.1 Å². The van der Waals surface area contributed by atoms with Gasteiger partial charge in [0.1, 0.15) is 0 Å². The average Bonchev–Trinajstić information content (AvgIpc) is 1.80. The standard InChI is InChI=1S/C8H22OSi2/c1-7(2)8(6-10)9-11(3,4)5/h7-8H,6H2,1-5,10H3. The van der Waals surface area contributed by atoms with E-state index in [1.165, 1.54) is 16.3 Å². The van der Waals surface area contributed by atoms with E-state index in [0.29, 0.717) is 12.0 Å². The third kappa shape index (κ3) is 5.64. The van der Waals surface area contributed by atoms with Gasteiger partial charge in [-0.05, 0) is 31.6 Å². The normalized spacial score (nSPS) is 15.8. The van der Waals surface area contributed by atoms with E-state index in [0.717, 1.165) is 0 Å². The van der Waals surface area contributed by atoms with Crippen LogP contribution in [-0.4, -0.2) is 24.7 Å². The van der Waals surface area contributed by atoms with E-state index < -0.39 is 8.32 Å². The van der Waals surface area contributed by atoms with Gasteiger partial charge in [-0.2, -0.15) is 0 Å². The van der Waals surface area contributed by atoms with Crippen molar-refractivity contribution in [2.24, 2.45) is 5.92 Å². The van der Waals surface area contributed by atoms with Crippen LogP contribution in [0.25, 0.3) is 0 Å². The van der Waals surface area contributed by atoms with Crippen molar-refractivity contribution in [2.75, 3.05) is 0 Å². The van der Waals surface area contributed by atoms with Crippen LogP contribution in [0.15, 0.2) is 0 Å². The van der Waals surface area contributed by atoms with Gasteiger partial charge in [0.15, 0.2) is 8.32 Å². The summed E-state index contributed by atoms with van der Waals surface area (Å²) in [6.45, 7) is 11.3. The van der Waals surface area contributed by atoms with E-state index in [4.69, 9.17) is 4.43 Å². The van der Waals surface area contributed by atoms with Gasteiger partial charge in [0.25, 0.3) is 0 Å². The Morgan fingerprint density at radius 2 is 1.73 bits per heavy atom. The summed E-state index contributed by atoms with van der Waals surface area (Å²) in [7, 11) is -0.0212. The second-order valence-electron chi connectivity index (χ2n) is 4.42. The average molecular weight is 190 g/mol. The van der Waals surface area contributed by atoms with Crippen molar-refractivity contribution in [1.82, 2.24) is 0 Å². The van der Waals surface area contributed by atoms with Crippen molar-refractivity contribution in [3.8, 4) is 0 Å². The second-order valence-corrected chi connectivity index (χ2v) is 9.70.